The first-order valence-electron chi connectivity index (χ1n) is 7.23. The summed E-state index contributed by atoms with van der Waals surface area (Å²) in [6.07, 6.45) is 1.65. The lowest BCUT2D eigenvalue weighted by Crippen LogP contribution is -2.36. The van der Waals surface area contributed by atoms with Gasteiger partial charge in [0.1, 0.15) is 18.5 Å². The zero-order valence-corrected chi connectivity index (χ0v) is 12.4. The summed E-state index contributed by atoms with van der Waals surface area (Å²) in [5.41, 5.74) is 0.565. The lowest BCUT2D eigenvalue weighted by molar-refractivity contribution is 0.0681. The van der Waals surface area contributed by atoms with E-state index in [1.54, 1.807) is 24.3 Å². The molecule has 1 rings (SSSR count). The number of ether oxygens (including phenoxy) is 1. The first kappa shape index (κ1) is 16.5. The number of nitrogens with zero attached hydrogens (tertiary/aromatic N) is 2. The Kier molecular flexibility index (Phi) is 7.71. The summed E-state index contributed by atoms with van der Waals surface area (Å²) >= 11 is 0. The molecule has 0 aliphatic rings. The van der Waals surface area contributed by atoms with E-state index in [1.807, 2.05) is 0 Å². The van der Waals surface area contributed by atoms with Crippen LogP contribution in [0, 0.1) is 11.3 Å². The molecule has 0 fully saturated rings. The third kappa shape index (κ3) is 6.05. The molecule has 0 spiro atoms. The summed E-state index contributed by atoms with van der Waals surface area (Å²) in [5, 5.41) is 18.8. The van der Waals surface area contributed by atoms with Gasteiger partial charge in [-0.25, -0.2) is 0 Å². The monoisotopic (exact) mass is 276 g/mol. The molecule has 1 atom stereocenters. The van der Waals surface area contributed by atoms with Crippen LogP contribution < -0.4 is 4.74 Å². The first-order chi connectivity index (χ1) is 9.69. The van der Waals surface area contributed by atoms with Crippen LogP contribution in [0.4, 0.5) is 0 Å². The molecule has 0 saturated carbocycles. The highest BCUT2D eigenvalue weighted by atomic mass is 16.5. The molecule has 1 N–H and O–H groups in total. The van der Waals surface area contributed by atoms with Crippen LogP contribution >= 0.6 is 0 Å². The topological polar surface area (TPSA) is 56.5 Å². The van der Waals surface area contributed by atoms with Gasteiger partial charge in [0.2, 0.25) is 0 Å². The van der Waals surface area contributed by atoms with E-state index in [9.17, 15) is 5.11 Å². The molecule has 1 aromatic carbocycles. The fraction of sp³-hybridized carbons (Fsp3) is 0.562. The minimum absolute atomic E-state index is 0.249. The van der Waals surface area contributed by atoms with Crippen molar-refractivity contribution in [2.24, 2.45) is 0 Å². The van der Waals surface area contributed by atoms with Gasteiger partial charge in [0.05, 0.1) is 11.6 Å². The predicted octanol–water partition coefficient (Wildman–Crippen LogP) is 2.42. The highest BCUT2D eigenvalue weighted by Crippen LogP contribution is 2.12. The van der Waals surface area contributed by atoms with Crippen LogP contribution in [0.3, 0.4) is 0 Å². The van der Waals surface area contributed by atoms with Gasteiger partial charge in [-0.05, 0) is 44.1 Å². The average Bonchev–Trinajstić information content (AvgIpc) is 2.46. The van der Waals surface area contributed by atoms with Crippen molar-refractivity contribution in [3.05, 3.63) is 29.8 Å². The van der Waals surface area contributed by atoms with Crippen LogP contribution in [-0.4, -0.2) is 42.4 Å². The van der Waals surface area contributed by atoms with Gasteiger partial charge < -0.3 is 14.7 Å². The zero-order valence-electron chi connectivity index (χ0n) is 12.4. The SMILES string of the molecule is CCCN(CCC)CC(O)COc1cccc(C#N)c1. The first-order valence-corrected chi connectivity index (χ1v) is 7.23. The Hall–Kier alpha value is -1.57. The molecule has 0 aliphatic heterocycles. The fourth-order valence-electron chi connectivity index (χ4n) is 2.13. The highest BCUT2D eigenvalue weighted by molar-refractivity contribution is 5.36. The summed E-state index contributed by atoms with van der Waals surface area (Å²) < 4.78 is 5.54. The molecule has 0 radical (unpaired) electrons. The fourth-order valence-corrected chi connectivity index (χ4v) is 2.13. The molecule has 0 amide bonds. The summed E-state index contributed by atoms with van der Waals surface area (Å²) in [4.78, 5) is 2.25. The van der Waals surface area contributed by atoms with Crippen LogP contribution in [-0.2, 0) is 0 Å². The molecule has 20 heavy (non-hydrogen) atoms. The number of rotatable bonds is 9. The number of aliphatic hydroxyl groups excluding tert-OH is 1. The zero-order chi connectivity index (χ0) is 14.8. The Morgan fingerprint density at radius 3 is 2.60 bits per heavy atom. The largest absolute Gasteiger partial charge is 0.491 e. The Bertz CT molecular complexity index is 423. The maximum atomic E-state index is 10.0. The molecule has 0 aliphatic carbocycles. The summed E-state index contributed by atoms with van der Waals surface area (Å²) in [6.45, 7) is 7.14. The van der Waals surface area contributed by atoms with Crippen LogP contribution in [0.5, 0.6) is 5.75 Å². The number of hydrogen-bond acceptors (Lipinski definition) is 4. The molecule has 1 unspecified atom stereocenters. The molecule has 0 bridgehead atoms. The second-order valence-electron chi connectivity index (χ2n) is 4.91. The van der Waals surface area contributed by atoms with Gasteiger partial charge in [0, 0.05) is 6.54 Å². The van der Waals surface area contributed by atoms with E-state index >= 15 is 0 Å². The Labute approximate surface area is 121 Å². The van der Waals surface area contributed by atoms with Crippen LogP contribution in [0.2, 0.25) is 0 Å². The molecule has 0 saturated heterocycles. The molecule has 4 nitrogen and oxygen atoms in total. The van der Waals surface area contributed by atoms with Crippen molar-refractivity contribution in [3.63, 3.8) is 0 Å². The molecule has 0 heterocycles. The van der Waals surface area contributed by atoms with E-state index in [-0.39, 0.29) is 6.61 Å². The second kappa shape index (κ2) is 9.35. The van der Waals surface area contributed by atoms with Crippen molar-refractivity contribution in [3.8, 4) is 11.8 Å². The van der Waals surface area contributed by atoms with Gasteiger partial charge in [-0.3, -0.25) is 0 Å². The van der Waals surface area contributed by atoms with Crippen LogP contribution in [0.25, 0.3) is 0 Å². The molecular formula is C16H24N2O2. The normalized spacial score (nSPS) is 12.2. The lowest BCUT2D eigenvalue weighted by Gasteiger charge is -2.24. The Morgan fingerprint density at radius 2 is 2.00 bits per heavy atom. The highest BCUT2D eigenvalue weighted by Gasteiger charge is 2.11. The maximum Gasteiger partial charge on any atom is 0.120 e. The molecule has 4 heteroatoms. The van der Waals surface area contributed by atoms with E-state index in [0.717, 1.165) is 25.9 Å². The molecule has 110 valence electrons. The van der Waals surface area contributed by atoms with E-state index in [0.29, 0.717) is 17.9 Å². The van der Waals surface area contributed by atoms with E-state index in [1.165, 1.54) is 0 Å². The number of hydrogen-bond donors (Lipinski definition) is 1. The van der Waals surface area contributed by atoms with Gasteiger partial charge in [-0.15, -0.1) is 0 Å². The summed E-state index contributed by atoms with van der Waals surface area (Å²) in [6, 6.07) is 9.06. The molecule has 0 aromatic heterocycles. The van der Waals surface area contributed by atoms with Gasteiger partial charge in [-0.2, -0.15) is 5.26 Å². The van der Waals surface area contributed by atoms with Crippen molar-refractivity contribution in [2.75, 3.05) is 26.2 Å². The average molecular weight is 276 g/mol. The maximum absolute atomic E-state index is 10.0. The predicted molar refractivity (Wildman–Crippen MR) is 79.7 cm³/mol. The number of benzene rings is 1. The third-order valence-corrected chi connectivity index (χ3v) is 2.95. The smallest absolute Gasteiger partial charge is 0.120 e. The third-order valence-electron chi connectivity index (χ3n) is 2.95. The number of nitriles is 1. The van der Waals surface area contributed by atoms with Crippen LogP contribution in [0.15, 0.2) is 24.3 Å². The van der Waals surface area contributed by atoms with Crippen molar-refractivity contribution >= 4 is 0 Å². The van der Waals surface area contributed by atoms with E-state index < -0.39 is 6.10 Å². The van der Waals surface area contributed by atoms with Crippen molar-refractivity contribution < 1.29 is 9.84 Å². The molecule has 1 aromatic rings. The van der Waals surface area contributed by atoms with E-state index in [2.05, 4.69) is 24.8 Å². The van der Waals surface area contributed by atoms with Crippen molar-refractivity contribution in [2.45, 2.75) is 32.8 Å². The summed E-state index contributed by atoms with van der Waals surface area (Å²) in [5.74, 6) is 0.626. The Balaban J connectivity index is 2.41. The van der Waals surface area contributed by atoms with Crippen molar-refractivity contribution in [1.29, 1.82) is 5.26 Å². The number of aliphatic hydroxyl groups is 1. The quantitative estimate of drug-likeness (QED) is 0.752. The van der Waals surface area contributed by atoms with Gasteiger partial charge in [-0.1, -0.05) is 19.9 Å². The van der Waals surface area contributed by atoms with Crippen molar-refractivity contribution in [1.82, 2.24) is 4.90 Å². The minimum atomic E-state index is -0.515. The standard InChI is InChI=1S/C16H24N2O2/c1-3-8-18(9-4-2)12-15(19)13-20-16-7-5-6-14(10-16)11-17/h5-7,10,15,19H,3-4,8-9,12-13H2,1-2H3. The Morgan fingerprint density at radius 1 is 1.30 bits per heavy atom. The van der Waals surface area contributed by atoms with Gasteiger partial charge >= 0.3 is 0 Å². The van der Waals surface area contributed by atoms with Gasteiger partial charge in [0.25, 0.3) is 0 Å². The van der Waals surface area contributed by atoms with Crippen LogP contribution in [0.1, 0.15) is 32.3 Å². The molecular weight excluding hydrogens is 252 g/mol. The summed E-state index contributed by atoms with van der Waals surface area (Å²) in [7, 11) is 0. The van der Waals surface area contributed by atoms with Gasteiger partial charge in [0.15, 0.2) is 0 Å². The second-order valence-corrected chi connectivity index (χ2v) is 4.91. The van der Waals surface area contributed by atoms with E-state index in [4.69, 9.17) is 10.00 Å². The lowest BCUT2D eigenvalue weighted by atomic mass is 10.2. The minimum Gasteiger partial charge on any atom is -0.491 e.